The van der Waals surface area contributed by atoms with Crippen LogP contribution in [-0.2, 0) is 0 Å². The predicted octanol–water partition coefficient (Wildman–Crippen LogP) is 7.92. The molecule has 3 atom stereocenters. The molecule has 2 aromatic carbocycles. The molecule has 3 heterocycles. The van der Waals surface area contributed by atoms with Gasteiger partial charge in [0.15, 0.2) is 0 Å². The Hall–Kier alpha value is -4.44. The molecule has 0 spiro atoms. The first-order valence-electron chi connectivity index (χ1n) is 15.6. The van der Waals surface area contributed by atoms with Gasteiger partial charge in [0.1, 0.15) is 0 Å². The van der Waals surface area contributed by atoms with Gasteiger partial charge in [-0.25, -0.2) is 0 Å². The van der Waals surface area contributed by atoms with Crippen LogP contribution in [0.25, 0.3) is 16.6 Å². The van der Waals surface area contributed by atoms with Crippen LogP contribution >= 0.6 is 0 Å². The molecule has 204 valence electrons. The van der Waals surface area contributed by atoms with E-state index >= 15 is 0 Å². The third-order valence-electron chi connectivity index (χ3n) is 10.1. The normalized spacial score (nSPS) is 25.4. The predicted molar refractivity (Wildman–Crippen MR) is 176 cm³/mol. The summed E-state index contributed by atoms with van der Waals surface area (Å²) >= 11 is 0. The highest BCUT2D eigenvalue weighted by molar-refractivity contribution is 6.84. The second-order valence-electron chi connectivity index (χ2n) is 12.2. The van der Waals surface area contributed by atoms with Crippen LogP contribution in [0.1, 0.15) is 32.1 Å². The fourth-order valence-corrected chi connectivity index (χ4v) is 8.52. The summed E-state index contributed by atoms with van der Waals surface area (Å²) in [7, 11) is 0. The molecule has 3 unspecified atom stereocenters. The zero-order chi connectivity index (χ0) is 27.6. The van der Waals surface area contributed by atoms with Crippen molar-refractivity contribution in [3.05, 3.63) is 150 Å². The standard InChI is InChI=1S/C38H34BN3/c1-4-15-27(16-5-1)40-33-24-13-11-22-31(33)39-36-34(40)25-14-26-35(36)41(28-17-6-2-7-18-28)37-30-21-10-12-23-32(30)42(38(37)39)29-19-8-3-9-20-29/h1-4,6,8-15,17,19-23,25-26,33-34,36H,5,7,16,18,24H2. The van der Waals surface area contributed by atoms with Gasteiger partial charge in [-0.15, -0.1) is 0 Å². The van der Waals surface area contributed by atoms with E-state index in [1.807, 2.05) is 0 Å². The van der Waals surface area contributed by atoms with Crippen molar-refractivity contribution in [1.29, 1.82) is 0 Å². The number of rotatable bonds is 3. The summed E-state index contributed by atoms with van der Waals surface area (Å²) < 4.78 is 2.60. The topological polar surface area (TPSA) is 11.4 Å². The summed E-state index contributed by atoms with van der Waals surface area (Å²) in [5, 5.41) is 1.34. The first-order chi connectivity index (χ1) is 20.9. The molecule has 0 saturated carbocycles. The molecule has 0 bridgehead atoms. The minimum Gasteiger partial charge on any atom is -0.362 e. The average Bonchev–Trinajstić information content (AvgIpc) is 3.41. The lowest BCUT2D eigenvalue weighted by Gasteiger charge is -2.57. The van der Waals surface area contributed by atoms with Crippen molar-refractivity contribution in [3.63, 3.8) is 0 Å². The molecule has 3 nitrogen and oxygen atoms in total. The Morgan fingerprint density at radius 3 is 2.29 bits per heavy atom. The van der Waals surface area contributed by atoms with Crippen molar-refractivity contribution >= 4 is 28.9 Å². The van der Waals surface area contributed by atoms with Crippen molar-refractivity contribution < 1.29 is 0 Å². The maximum absolute atomic E-state index is 2.80. The minimum absolute atomic E-state index is 0.288. The number of aromatic nitrogens is 1. The van der Waals surface area contributed by atoms with E-state index in [-0.39, 0.29) is 6.71 Å². The number of fused-ring (bicyclic) bond motifs is 6. The quantitative estimate of drug-likeness (QED) is 0.311. The van der Waals surface area contributed by atoms with Gasteiger partial charge in [-0.1, -0.05) is 96.6 Å². The van der Waals surface area contributed by atoms with Gasteiger partial charge in [0.2, 0.25) is 6.71 Å². The average molecular weight is 544 g/mol. The monoisotopic (exact) mass is 543 g/mol. The fraction of sp³-hybridized carbons (Fsp3) is 0.211. The maximum Gasteiger partial charge on any atom is 0.242 e. The van der Waals surface area contributed by atoms with E-state index in [0.29, 0.717) is 17.9 Å². The van der Waals surface area contributed by atoms with E-state index < -0.39 is 0 Å². The molecule has 0 amide bonds. The lowest BCUT2D eigenvalue weighted by Crippen LogP contribution is -2.65. The first-order valence-corrected chi connectivity index (χ1v) is 15.6. The van der Waals surface area contributed by atoms with E-state index in [9.17, 15) is 0 Å². The molecule has 0 radical (unpaired) electrons. The zero-order valence-electron chi connectivity index (χ0n) is 23.8. The molecule has 2 aliphatic heterocycles. The van der Waals surface area contributed by atoms with E-state index in [4.69, 9.17) is 0 Å². The number of anilines is 1. The summed E-state index contributed by atoms with van der Waals surface area (Å²) in [5.41, 5.74) is 11.3. The van der Waals surface area contributed by atoms with Gasteiger partial charge in [-0.05, 0) is 68.5 Å². The molecule has 3 aromatic rings. The summed E-state index contributed by atoms with van der Waals surface area (Å²) in [5.74, 6) is 0.321. The highest BCUT2D eigenvalue weighted by Gasteiger charge is 2.56. The van der Waals surface area contributed by atoms with Crippen molar-refractivity contribution in [2.45, 2.75) is 50.0 Å². The Kier molecular flexibility index (Phi) is 5.50. The van der Waals surface area contributed by atoms with Gasteiger partial charge in [-0.2, -0.15) is 0 Å². The van der Waals surface area contributed by atoms with Crippen LogP contribution < -0.4 is 10.5 Å². The highest BCUT2D eigenvalue weighted by Crippen LogP contribution is 2.54. The van der Waals surface area contributed by atoms with E-state index in [1.54, 1.807) is 5.47 Å². The first kappa shape index (κ1) is 24.2. The molecule has 42 heavy (non-hydrogen) atoms. The number of para-hydroxylation sites is 2. The van der Waals surface area contributed by atoms with Crippen LogP contribution in [0.3, 0.4) is 0 Å². The molecule has 4 heteroatoms. The van der Waals surface area contributed by atoms with Gasteiger partial charge in [0.05, 0.1) is 17.2 Å². The molecule has 4 aliphatic carbocycles. The van der Waals surface area contributed by atoms with Crippen LogP contribution in [-0.4, -0.2) is 28.3 Å². The molecule has 1 fully saturated rings. The number of nitrogens with zero attached hydrogens (tertiary/aromatic N) is 3. The number of benzene rings is 2. The largest absolute Gasteiger partial charge is 0.362 e. The van der Waals surface area contributed by atoms with Crippen LogP contribution in [0.2, 0.25) is 5.82 Å². The Morgan fingerprint density at radius 2 is 1.48 bits per heavy atom. The Morgan fingerprint density at radius 1 is 0.714 bits per heavy atom. The van der Waals surface area contributed by atoms with Crippen LogP contribution in [0.4, 0.5) is 5.69 Å². The van der Waals surface area contributed by atoms with Crippen molar-refractivity contribution in [3.8, 4) is 5.69 Å². The molecular formula is C38H34BN3. The maximum atomic E-state index is 2.80. The lowest BCUT2D eigenvalue weighted by molar-refractivity contribution is 0.217. The molecule has 1 aromatic heterocycles. The Bertz CT molecular complexity index is 1840. The summed E-state index contributed by atoms with van der Waals surface area (Å²) in [6, 6.07) is 20.8. The van der Waals surface area contributed by atoms with Gasteiger partial charge in [-0.3, -0.25) is 0 Å². The van der Waals surface area contributed by atoms with Crippen LogP contribution in [0.15, 0.2) is 150 Å². The molecule has 1 saturated heterocycles. The van der Waals surface area contributed by atoms with Gasteiger partial charge < -0.3 is 14.4 Å². The lowest BCUT2D eigenvalue weighted by atomic mass is 9.27. The molecule has 9 rings (SSSR count). The van der Waals surface area contributed by atoms with E-state index in [0.717, 1.165) is 32.1 Å². The Balaban J connectivity index is 1.38. The number of hydrogen-bond donors (Lipinski definition) is 0. The van der Waals surface area contributed by atoms with Crippen molar-refractivity contribution in [2.24, 2.45) is 0 Å². The van der Waals surface area contributed by atoms with Gasteiger partial charge in [0.25, 0.3) is 0 Å². The van der Waals surface area contributed by atoms with Crippen LogP contribution in [0, 0.1) is 0 Å². The summed E-state index contributed by atoms with van der Waals surface area (Å²) in [4.78, 5) is 5.47. The third-order valence-corrected chi connectivity index (χ3v) is 10.1. The van der Waals surface area contributed by atoms with E-state index in [2.05, 4.69) is 142 Å². The third kappa shape index (κ3) is 3.41. The molecule has 6 aliphatic rings. The van der Waals surface area contributed by atoms with E-state index in [1.165, 1.54) is 45.0 Å². The Labute approximate surface area is 248 Å². The van der Waals surface area contributed by atoms with Crippen molar-refractivity contribution in [2.75, 3.05) is 4.90 Å². The second kappa shape index (κ2) is 9.56. The van der Waals surface area contributed by atoms with Crippen molar-refractivity contribution in [1.82, 2.24) is 9.47 Å². The number of allylic oxidation sites excluding steroid dienone is 12. The molecular weight excluding hydrogens is 509 g/mol. The second-order valence-corrected chi connectivity index (χ2v) is 12.2. The number of hydrogen-bond acceptors (Lipinski definition) is 2. The summed E-state index contributed by atoms with van der Waals surface area (Å²) in [6.07, 6.45) is 33.7. The SMILES string of the molecule is C1=CCCC(N2C3=CC=CC4C3B(C3=CC=CCC3N4C3=CC=CCC3)c3c2c2ccccc2n3-c2ccccc2)=C1. The zero-order valence-corrected chi connectivity index (χ0v) is 23.8. The summed E-state index contributed by atoms with van der Waals surface area (Å²) in [6.45, 7) is 0.288. The van der Waals surface area contributed by atoms with Gasteiger partial charge in [0, 0.05) is 45.6 Å². The fourth-order valence-electron chi connectivity index (χ4n) is 8.52. The molecule has 0 N–H and O–H groups in total. The smallest absolute Gasteiger partial charge is 0.242 e. The minimum atomic E-state index is 0.288. The van der Waals surface area contributed by atoms with Crippen LogP contribution in [0.5, 0.6) is 0 Å². The van der Waals surface area contributed by atoms with Gasteiger partial charge >= 0.3 is 0 Å². The highest BCUT2D eigenvalue weighted by atomic mass is 15.3.